The first-order valence-electron chi connectivity index (χ1n) is 6.94. The Balaban J connectivity index is 1.74. The third kappa shape index (κ3) is 2.38. The molecule has 1 aliphatic rings. The van der Waals surface area contributed by atoms with Crippen molar-refractivity contribution < 1.29 is 18.8 Å². The molecule has 0 bridgehead atoms. The Morgan fingerprint density at radius 1 is 1.32 bits per heavy atom. The van der Waals surface area contributed by atoms with Gasteiger partial charge in [-0.25, -0.2) is 0 Å². The van der Waals surface area contributed by atoms with Crippen molar-refractivity contribution >= 4 is 5.91 Å². The van der Waals surface area contributed by atoms with Gasteiger partial charge in [-0.1, -0.05) is 11.2 Å². The maximum atomic E-state index is 12.6. The van der Waals surface area contributed by atoms with E-state index in [1.807, 2.05) is 0 Å². The predicted molar refractivity (Wildman–Crippen MR) is 77.2 cm³/mol. The first-order chi connectivity index (χ1) is 10.6. The zero-order valence-electron chi connectivity index (χ0n) is 12.7. The lowest BCUT2D eigenvalue weighted by Crippen LogP contribution is -2.48. The predicted octanol–water partition coefficient (Wildman–Crippen LogP) is 1.63. The fourth-order valence-electron chi connectivity index (χ4n) is 2.51. The van der Waals surface area contributed by atoms with Gasteiger partial charge in [0.1, 0.15) is 0 Å². The van der Waals surface area contributed by atoms with Crippen molar-refractivity contribution in [1.29, 1.82) is 0 Å². The highest BCUT2D eigenvalue weighted by molar-refractivity contribution is 5.98. The number of hydrogen-bond acceptors (Lipinski definition) is 6. The van der Waals surface area contributed by atoms with Crippen molar-refractivity contribution in [2.45, 2.75) is 12.8 Å². The molecule has 1 fully saturated rings. The van der Waals surface area contributed by atoms with Crippen LogP contribution in [-0.2, 0) is 0 Å². The molecule has 0 saturated carbocycles. The van der Waals surface area contributed by atoms with Crippen molar-refractivity contribution in [3.8, 4) is 11.5 Å². The Bertz CT molecular complexity index is 692. The van der Waals surface area contributed by atoms with Gasteiger partial charge < -0.3 is 18.9 Å². The Morgan fingerprint density at radius 3 is 2.68 bits per heavy atom. The van der Waals surface area contributed by atoms with Crippen LogP contribution in [0.2, 0.25) is 0 Å². The lowest BCUT2D eigenvalue weighted by molar-refractivity contribution is 0.0565. The number of amides is 1. The third-order valence-corrected chi connectivity index (χ3v) is 3.69. The number of rotatable bonds is 4. The summed E-state index contributed by atoms with van der Waals surface area (Å²) in [6.45, 7) is 2.89. The van der Waals surface area contributed by atoms with Crippen LogP contribution in [0.15, 0.2) is 22.7 Å². The molecule has 1 amide bonds. The summed E-state index contributed by atoms with van der Waals surface area (Å²) in [6, 6.07) is 5.26. The van der Waals surface area contributed by atoms with Crippen LogP contribution in [-0.4, -0.2) is 48.3 Å². The number of aromatic nitrogens is 2. The standard InChI is InChI=1S/C15H17N3O4/c1-9-16-14(22-17-9)10-7-18(8-10)15(19)11-5-4-6-12(20-2)13(11)21-3/h4-6,10H,7-8H2,1-3H3. The quantitative estimate of drug-likeness (QED) is 0.854. The fourth-order valence-corrected chi connectivity index (χ4v) is 2.51. The number of carbonyl (C=O) groups excluding carboxylic acids is 1. The molecule has 2 aromatic rings. The van der Waals surface area contributed by atoms with Crippen LogP contribution in [0.5, 0.6) is 11.5 Å². The SMILES string of the molecule is COc1cccc(C(=O)N2CC(c3nc(C)no3)C2)c1OC. The summed E-state index contributed by atoms with van der Waals surface area (Å²) in [5.41, 5.74) is 0.488. The molecule has 0 unspecified atom stereocenters. The van der Waals surface area contributed by atoms with Crippen LogP contribution in [0.1, 0.15) is 28.0 Å². The van der Waals surface area contributed by atoms with Crippen LogP contribution in [0.4, 0.5) is 0 Å². The van der Waals surface area contributed by atoms with E-state index in [1.54, 1.807) is 37.1 Å². The minimum atomic E-state index is -0.0942. The Labute approximate surface area is 127 Å². The molecular formula is C15H17N3O4. The van der Waals surface area contributed by atoms with Gasteiger partial charge in [0, 0.05) is 13.1 Å². The van der Waals surface area contributed by atoms with Gasteiger partial charge in [-0.2, -0.15) is 4.98 Å². The van der Waals surface area contributed by atoms with Crippen molar-refractivity contribution in [2.75, 3.05) is 27.3 Å². The Morgan fingerprint density at radius 2 is 2.09 bits per heavy atom. The van der Waals surface area contributed by atoms with Gasteiger partial charge >= 0.3 is 0 Å². The van der Waals surface area contributed by atoms with E-state index in [-0.39, 0.29) is 11.8 Å². The number of nitrogens with zero attached hydrogens (tertiary/aromatic N) is 3. The van der Waals surface area contributed by atoms with E-state index in [2.05, 4.69) is 10.1 Å². The average molecular weight is 303 g/mol. The number of benzene rings is 1. The molecule has 3 rings (SSSR count). The maximum Gasteiger partial charge on any atom is 0.257 e. The zero-order valence-corrected chi connectivity index (χ0v) is 12.7. The summed E-state index contributed by atoms with van der Waals surface area (Å²) in [4.78, 5) is 18.5. The molecule has 22 heavy (non-hydrogen) atoms. The smallest absolute Gasteiger partial charge is 0.257 e. The molecule has 1 aliphatic heterocycles. The molecule has 0 N–H and O–H groups in total. The highest BCUT2D eigenvalue weighted by Gasteiger charge is 2.37. The van der Waals surface area contributed by atoms with E-state index in [0.717, 1.165) is 0 Å². The van der Waals surface area contributed by atoms with E-state index in [0.29, 0.717) is 41.9 Å². The minimum Gasteiger partial charge on any atom is -0.493 e. The van der Waals surface area contributed by atoms with Gasteiger partial charge in [0.05, 0.1) is 25.7 Å². The molecule has 1 saturated heterocycles. The Hall–Kier alpha value is -2.57. The lowest BCUT2D eigenvalue weighted by Gasteiger charge is -2.37. The van der Waals surface area contributed by atoms with Crippen molar-refractivity contribution in [3.63, 3.8) is 0 Å². The monoisotopic (exact) mass is 303 g/mol. The highest BCUT2D eigenvalue weighted by Crippen LogP contribution is 2.34. The number of aryl methyl sites for hydroxylation is 1. The zero-order chi connectivity index (χ0) is 15.7. The molecule has 116 valence electrons. The van der Waals surface area contributed by atoms with Crippen LogP contribution >= 0.6 is 0 Å². The molecule has 0 atom stereocenters. The summed E-state index contributed by atoms with van der Waals surface area (Å²) in [5, 5.41) is 3.77. The van der Waals surface area contributed by atoms with Crippen LogP contribution in [0, 0.1) is 6.92 Å². The van der Waals surface area contributed by atoms with Crippen LogP contribution < -0.4 is 9.47 Å². The third-order valence-electron chi connectivity index (χ3n) is 3.69. The number of hydrogen-bond donors (Lipinski definition) is 0. The summed E-state index contributed by atoms with van der Waals surface area (Å²) < 4.78 is 15.7. The van der Waals surface area contributed by atoms with Crippen molar-refractivity contribution in [1.82, 2.24) is 15.0 Å². The van der Waals surface area contributed by atoms with Gasteiger partial charge in [-0.15, -0.1) is 0 Å². The molecule has 1 aromatic carbocycles. The van der Waals surface area contributed by atoms with Crippen molar-refractivity contribution in [3.05, 3.63) is 35.5 Å². The molecule has 0 radical (unpaired) electrons. The van der Waals surface area contributed by atoms with Gasteiger partial charge in [-0.05, 0) is 19.1 Å². The number of carbonyl (C=O) groups is 1. The second-order valence-corrected chi connectivity index (χ2v) is 5.13. The highest BCUT2D eigenvalue weighted by atomic mass is 16.5. The summed E-state index contributed by atoms with van der Waals surface area (Å²) in [6.07, 6.45) is 0. The summed E-state index contributed by atoms with van der Waals surface area (Å²) >= 11 is 0. The second-order valence-electron chi connectivity index (χ2n) is 5.13. The number of ether oxygens (including phenoxy) is 2. The number of para-hydroxylation sites is 1. The van der Waals surface area contributed by atoms with E-state index < -0.39 is 0 Å². The first kappa shape index (κ1) is 14.4. The van der Waals surface area contributed by atoms with Gasteiger partial charge in [-0.3, -0.25) is 4.79 Å². The lowest BCUT2D eigenvalue weighted by atomic mass is 9.98. The van der Waals surface area contributed by atoms with E-state index in [9.17, 15) is 4.79 Å². The van der Waals surface area contributed by atoms with Crippen LogP contribution in [0.25, 0.3) is 0 Å². The molecular weight excluding hydrogens is 286 g/mol. The average Bonchev–Trinajstić information content (AvgIpc) is 2.90. The number of methoxy groups -OCH3 is 2. The Kier molecular flexibility index (Phi) is 3.70. The van der Waals surface area contributed by atoms with Crippen molar-refractivity contribution in [2.24, 2.45) is 0 Å². The molecule has 7 nitrogen and oxygen atoms in total. The fraction of sp³-hybridized carbons (Fsp3) is 0.400. The maximum absolute atomic E-state index is 12.6. The van der Waals surface area contributed by atoms with E-state index in [4.69, 9.17) is 14.0 Å². The van der Waals surface area contributed by atoms with Gasteiger partial charge in [0.15, 0.2) is 17.3 Å². The van der Waals surface area contributed by atoms with Gasteiger partial charge in [0.2, 0.25) is 5.89 Å². The molecule has 0 spiro atoms. The molecule has 2 heterocycles. The second kappa shape index (κ2) is 5.67. The normalized spacial score (nSPS) is 14.6. The molecule has 1 aromatic heterocycles. The summed E-state index contributed by atoms with van der Waals surface area (Å²) in [7, 11) is 3.07. The van der Waals surface area contributed by atoms with Crippen LogP contribution in [0.3, 0.4) is 0 Å². The van der Waals surface area contributed by atoms with E-state index in [1.165, 1.54) is 7.11 Å². The summed E-state index contributed by atoms with van der Waals surface area (Å²) in [5.74, 6) is 2.18. The molecule has 7 heteroatoms. The molecule has 0 aliphatic carbocycles. The largest absolute Gasteiger partial charge is 0.493 e. The van der Waals surface area contributed by atoms with Gasteiger partial charge in [0.25, 0.3) is 5.91 Å². The van der Waals surface area contributed by atoms with E-state index >= 15 is 0 Å². The topological polar surface area (TPSA) is 77.7 Å². The first-order valence-corrected chi connectivity index (χ1v) is 6.94. The minimum absolute atomic E-state index is 0.0942. The number of likely N-dealkylation sites (tertiary alicyclic amines) is 1.